The Morgan fingerprint density at radius 3 is 1.36 bits per heavy atom. The quantitative estimate of drug-likeness (QED) is 0.313. The minimum atomic E-state index is 0. The van der Waals surface area contributed by atoms with Crippen LogP contribution in [-0.2, 0) is 0 Å². The Bertz CT molecular complexity index is 81.4. The molecule has 80 valence electrons. The summed E-state index contributed by atoms with van der Waals surface area (Å²) in [6.07, 6.45) is 11.4. The largest absolute Gasteiger partial charge is 1.00 e. The number of hydrogen-bond donors (Lipinski definition) is 0. The summed E-state index contributed by atoms with van der Waals surface area (Å²) in [4.78, 5) is 0. The average Bonchev–Trinajstić information content (AvgIpc) is 2.16. The van der Waals surface area contributed by atoms with E-state index in [-0.39, 0.29) is 25.5 Å². The number of rotatable bonds is 10. The van der Waals surface area contributed by atoms with E-state index < -0.39 is 0 Å². The molecule has 0 saturated carbocycles. The minimum absolute atomic E-state index is 0. The summed E-state index contributed by atoms with van der Waals surface area (Å²) in [6, 6.07) is 0. The molecule has 0 unspecified atom stereocenters. The third-order valence-electron chi connectivity index (χ3n) is 2.28. The molecule has 0 radical (unpaired) electrons. The van der Waals surface area contributed by atoms with Gasteiger partial charge in [-0.25, -0.2) is 0 Å². The summed E-state index contributed by atoms with van der Waals surface area (Å²) in [6.45, 7) is 0.116. The summed E-state index contributed by atoms with van der Waals surface area (Å²) in [5, 5.41) is 11.3. The summed E-state index contributed by atoms with van der Waals surface area (Å²) < 4.78 is 0. The molecule has 0 saturated heterocycles. The standard InChI is InChI=1S/C11H22BrO.Li/c12-10-8-6-4-2-1-3-5-7-9-11-13;/h1-11H2;/q-1;+1. The van der Waals surface area contributed by atoms with Crippen molar-refractivity contribution >= 4 is 15.9 Å². The summed E-state index contributed by atoms with van der Waals surface area (Å²) in [5.41, 5.74) is 0. The van der Waals surface area contributed by atoms with Crippen LogP contribution >= 0.6 is 15.9 Å². The molecule has 0 aliphatic heterocycles. The maximum atomic E-state index is 10.1. The van der Waals surface area contributed by atoms with Crippen LogP contribution in [-0.4, -0.2) is 11.9 Å². The fraction of sp³-hybridized carbons (Fsp3) is 1.00. The number of halogens is 1. The van der Waals surface area contributed by atoms with E-state index in [2.05, 4.69) is 15.9 Å². The normalized spacial score (nSPS) is 9.86. The van der Waals surface area contributed by atoms with E-state index in [1.165, 1.54) is 44.9 Å². The molecule has 0 rings (SSSR count). The van der Waals surface area contributed by atoms with Gasteiger partial charge in [-0.05, 0) is 6.42 Å². The zero-order chi connectivity index (χ0) is 9.78. The molecule has 0 N–H and O–H groups in total. The third kappa shape index (κ3) is 15.5. The Hall–Kier alpha value is 1.04. The van der Waals surface area contributed by atoms with Gasteiger partial charge in [0.1, 0.15) is 0 Å². The van der Waals surface area contributed by atoms with Crippen LogP contribution in [0.5, 0.6) is 0 Å². The summed E-state index contributed by atoms with van der Waals surface area (Å²) >= 11 is 3.43. The fourth-order valence-electron chi connectivity index (χ4n) is 1.43. The second-order valence-corrected chi connectivity index (χ2v) is 4.37. The fourth-order valence-corrected chi connectivity index (χ4v) is 1.83. The van der Waals surface area contributed by atoms with Gasteiger partial charge in [0.15, 0.2) is 0 Å². The van der Waals surface area contributed by atoms with Crippen molar-refractivity contribution in [3.63, 3.8) is 0 Å². The molecule has 0 bridgehead atoms. The van der Waals surface area contributed by atoms with Crippen molar-refractivity contribution in [3.05, 3.63) is 0 Å². The van der Waals surface area contributed by atoms with E-state index in [0.717, 1.165) is 18.2 Å². The van der Waals surface area contributed by atoms with Gasteiger partial charge in [-0.3, -0.25) is 0 Å². The Labute approximate surface area is 109 Å². The van der Waals surface area contributed by atoms with Gasteiger partial charge in [0.25, 0.3) is 0 Å². The molecule has 0 heterocycles. The van der Waals surface area contributed by atoms with Crippen LogP contribution < -0.4 is 24.0 Å². The van der Waals surface area contributed by atoms with E-state index in [4.69, 9.17) is 0 Å². The Morgan fingerprint density at radius 1 is 0.643 bits per heavy atom. The number of hydrogen-bond acceptors (Lipinski definition) is 1. The van der Waals surface area contributed by atoms with Gasteiger partial charge < -0.3 is 5.11 Å². The Morgan fingerprint density at radius 2 is 1.00 bits per heavy atom. The zero-order valence-corrected chi connectivity index (χ0v) is 11.2. The van der Waals surface area contributed by atoms with Gasteiger partial charge in [-0.2, -0.15) is 0 Å². The van der Waals surface area contributed by atoms with Crippen LogP contribution in [0.3, 0.4) is 0 Å². The van der Waals surface area contributed by atoms with Crippen LogP contribution in [0.2, 0.25) is 0 Å². The minimum Gasteiger partial charge on any atom is -0.854 e. The molecule has 0 fully saturated rings. The molecule has 0 amide bonds. The second kappa shape index (κ2) is 16.5. The van der Waals surface area contributed by atoms with E-state index >= 15 is 0 Å². The van der Waals surface area contributed by atoms with Crippen LogP contribution in [0.15, 0.2) is 0 Å². The first-order valence-electron chi connectivity index (χ1n) is 5.56. The van der Waals surface area contributed by atoms with Crippen molar-refractivity contribution in [2.45, 2.75) is 57.8 Å². The van der Waals surface area contributed by atoms with Crippen molar-refractivity contribution in [1.82, 2.24) is 0 Å². The first-order chi connectivity index (χ1) is 6.41. The maximum Gasteiger partial charge on any atom is 1.00 e. The van der Waals surface area contributed by atoms with Crippen molar-refractivity contribution in [2.24, 2.45) is 0 Å². The molecule has 0 aromatic rings. The predicted octanol–water partition coefficient (Wildman–Crippen LogP) is 0.256. The number of unbranched alkanes of at least 4 members (excludes halogenated alkanes) is 8. The van der Waals surface area contributed by atoms with Crippen molar-refractivity contribution in [1.29, 1.82) is 0 Å². The van der Waals surface area contributed by atoms with Gasteiger partial charge in [0.05, 0.1) is 0 Å². The molecule has 1 nitrogen and oxygen atoms in total. The summed E-state index contributed by atoms with van der Waals surface area (Å²) in [5.74, 6) is 0. The maximum absolute atomic E-state index is 10.1. The second-order valence-electron chi connectivity index (χ2n) is 3.58. The van der Waals surface area contributed by atoms with E-state index in [1.807, 2.05) is 0 Å². The van der Waals surface area contributed by atoms with E-state index in [1.54, 1.807) is 0 Å². The average molecular weight is 257 g/mol. The molecule has 0 atom stereocenters. The van der Waals surface area contributed by atoms with Gasteiger partial charge in [0, 0.05) is 5.33 Å². The van der Waals surface area contributed by atoms with Crippen LogP contribution in [0, 0.1) is 0 Å². The molecular weight excluding hydrogens is 235 g/mol. The first kappa shape index (κ1) is 17.4. The van der Waals surface area contributed by atoms with E-state index in [0.29, 0.717) is 0 Å². The van der Waals surface area contributed by atoms with Crippen LogP contribution in [0.4, 0.5) is 0 Å². The monoisotopic (exact) mass is 256 g/mol. The third-order valence-corrected chi connectivity index (χ3v) is 2.84. The molecule has 0 aromatic heterocycles. The topological polar surface area (TPSA) is 23.1 Å². The Balaban J connectivity index is 0. The molecule has 0 aliphatic carbocycles. The van der Waals surface area contributed by atoms with Gasteiger partial charge in [0.2, 0.25) is 0 Å². The van der Waals surface area contributed by atoms with Crippen molar-refractivity contribution < 1.29 is 24.0 Å². The number of alkyl halides is 1. The van der Waals surface area contributed by atoms with Crippen molar-refractivity contribution in [3.8, 4) is 0 Å². The Kier molecular flexibility index (Phi) is 20.5. The zero-order valence-electron chi connectivity index (χ0n) is 9.56. The molecule has 0 aromatic carbocycles. The first-order valence-corrected chi connectivity index (χ1v) is 6.68. The van der Waals surface area contributed by atoms with Gasteiger partial charge in [-0.1, -0.05) is 67.3 Å². The molecule has 3 heteroatoms. The molecule has 0 spiro atoms. The van der Waals surface area contributed by atoms with Crippen LogP contribution in [0.25, 0.3) is 0 Å². The smallest absolute Gasteiger partial charge is 0.854 e. The predicted molar refractivity (Wildman–Crippen MR) is 60.2 cm³/mol. The summed E-state index contributed by atoms with van der Waals surface area (Å²) in [7, 11) is 0. The molecule has 14 heavy (non-hydrogen) atoms. The van der Waals surface area contributed by atoms with Crippen LogP contribution in [0.1, 0.15) is 57.8 Å². The van der Waals surface area contributed by atoms with E-state index in [9.17, 15) is 5.11 Å². The van der Waals surface area contributed by atoms with Gasteiger partial charge >= 0.3 is 18.9 Å². The SMILES string of the molecule is [Li+].[O-]CCCCCCCCCCCBr. The molecule has 0 aliphatic rings. The molecular formula is C11H22BrLiO. The van der Waals surface area contributed by atoms with Gasteiger partial charge in [-0.15, -0.1) is 6.61 Å². The van der Waals surface area contributed by atoms with Crippen molar-refractivity contribution in [2.75, 3.05) is 11.9 Å².